The average molecular weight is 496 g/mol. The van der Waals surface area contributed by atoms with Crippen molar-refractivity contribution in [3.63, 3.8) is 0 Å². The Morgan fingerprint density at radius 2 is 0.714 bits per heavy atom. The first kappa shape index (κ1) is 33.6. The van der Waals surface area contributed by atoms with Crippen LogP contribution in [0.3, 0.4) is 0 Å². The molecule has 0 fully saturated rings. The molecule has 5 nitrogen and oxygen atoms in total. The van der Waals surface area contributed by atoms with Gasteiger partial charge in [-0.2, -0.15) is 52.7 Å². The van der Waals surface area contributed by atoms with Crippen molar-refractivity contribution in [1.82, 2.24) is 0 Å². The van der Waals surface area contributed by atoms with E-state index in [2.05, 4.69) is 0 Å². The fraction of sp³-hybridized carbons (Fsp3) is 0.400. The van der Waals surface area contributed by atoms with Crippen LogP contribution in [0, 0.1) is 0 Å². The van der Waals surface area contributed by atoms with Crippen LogP contribution in [0.5, 0.6) is 0 Å². The third-order valence-corrected chi connectivity index (χ3v) is 1.64. The van der Waals surface area contributed by atoms with Crippen molar-refractivity contribution < 1.29 is 95.0 Å². The van der Waals surface area contributed by atoms with Gasteiger partial charge in [-0.3, -0.25) is 9.59 Å². The summed E-state index contributed by atoms with van der Waals surface area (Å²) in [7, 11) is 0. The number of rotatable bonds is 2. The molecule has 0 aliphatic heterocycles. The molecule has 171 valence electrons. The number of halogens is 12. The Balaban J connectivity index is -0.000000192. The molecule has 0 saturated heterocycles. The molecule has 0 heterocycles. The van der Waals surface area contributed by atoms with E-state index in [0.29, 0.717) is 0 Å². The molecule has 0 spiro atoms. The molecule has 2 N–H and O–H groups in total. The first-order chi connectivity index (χ1) is 11.1. The van der Waals surface area contributed by atoms with Crippen LogP contribution < -0.4 is 10.2 Å². The summed E-state index contributed by atoms with van der Waals surface area (Å²) in [6.07, 6.45) is -23.9. The summed E-state index contributed by atoms with van der Waals surface area (Å²) in [5.74, 6) is -11.3. The summed E-state index contributed by atoms with van der Waals surface area (Å²) in [6, 6.07) is 0. The Bertz CT molecular complexity index is 530. The minimum atomic E-state index is -5.46. The Kier molecular flexibility index (Phi) is 13.4. The summed E-state index contributed by atoms with van der Waals surface area (Å²) in [5, 5.41) is 19.6. The third-order valence-electron chi connectivity index (χ3n) is 1.64. The number of allylic oxidation sites excluding steroid dienone is 4. The van der Waals surface area contributed by atoms with Gasteiger partial charge in [0.2, 0.25) is 0 Å². The quantitative estimate of drug-likeness (QED) is 0.246. The standard InChI is InChI=1S/2C5H2F6O2.Cu.H2O/c2*6-4(7,8)2(12)1-3(13)5(9,10)11;;/h2*1,12H;;1H2/p-2. The molecule has 0 amide bonds. The van der Waals surface area contributed by atoms with E-state index < -0.39 is 59.9 Å². The molecule has 0 atom stereocenters. The minimum Gasteiger partial charge on any atom is -0.869 e. The smallest absolute Gasteiger partial charge is 0.454 e. The summed E-state index contributed by atoms with van der Waals surface area (Å²) < 4.78 is 136. The summed E-state index contributed by atoms with van der Waals surface area (Å²) in [6.45, 7) is 0. The Morgan fingerprint density at radius 1 is 0.536 bits per heavy atom. The molecule has 28 heavy (non-hydrogen) atoms. The number of alkyl halides is 12. The van der Waals surface area contributed by atoms with Crippen LogP contribution in [0.4, 0.5) is 52.7 Å². The van der Waals surface area contributed by atoms with Crippen molar-refractivity contribution >= 4 is 11.6 Å². The van der Waals surface area contributed by atoms with Crippen molar-refractivity contribution in [2.45, 2.75) is 24.7 Å². The average Bonchev–Trinajstić information content (AvgIpc) is 2.34. The van der Waals surface area contributed by atoms with E-state index >= 15 is 0 Å². The second-order valence-electron chi connectivity index (χ2n) is 3.74. The van der Waals surface area contributed by atoms with E-state index in [1.807, 2.05) is 0 Å². The summed E-state index contributed by atoms with van der Waals surface area (Å²) in [4.78, 5) is 19.6. The normalized spacial score (nSPS) is 13.4. The monoisotopic (exact) mass is 495 g/mol. The molecular weight excluding hydrogens is 492 g/mol. The van der Waals surface area contributed by atoms with Crippen molar-refractivity contribution in [1.29, 1.82) is 0 Å². The topological polar surface area (TPSA) is 112 Å². The van der Waals surface area contributed by atoms with Crippen LogP contribution >= 0.6 is 0 Å². The van der Waals surface area contributed by atoms with E-state index in [1.165, 1.54) is 0 Å². The first-order valence-electron chi connectivity index (χ1n) is 5.24. The number of hydrogen-bond donors (Lipinski definition) is 0. The van der Waals surface area contributed by atoms with Crippen LogP contribution in [-0.4, -0.2) is 41.7 Å². The maximum absolute atomic E-state index is 11.3. The zero-order chi connectivity index (χ0) is 21.7. The molecule has 0 aliphatic rings. The first-order valence-corrected chi connectivity index (χ1v) is 5.24. The molecule has 0 aromatic carbocycles. The Hall–Kier alpha value is -1.94. The zero-order valence-electron chi connectivity index (χ0n) is 12.1. The van der Waals surface area contributed by atoms with Gasteiger partial charge >= 0.3 is 24.7 Å². The van der Waals surface area contributed by atoms with E-state index in [-0.39, 0.29) is 22.5 Å². The van der Waals surface area contributed by atoms with Crippen LogP contribution in [0.1, 0.15) is 0 Å². The van der Waals surface area contributed by atoms with Crippen LogP contribution in [0.25, 0.3) is 0 Å². The third kappa shape index (κ3) is 14.2. The molecule has 0 bridgehead atoms. The van der Waals surface area contributed by atoms with Gasteiger partial charge in [0.15, 0.2) is 0 Å². The second kappa shape index (κ2) is 11.2. The number of carbonyl (C=O) groups excluding carboxylic acids is 2. The Labute approximate surface area is 156 Å². The van der Waals surface area contributed by atoms with E-state index in [9.17, 15) is 72.5 Å². The maximum atomic E-state index is 11.3. The van der Waals surface area contributed by atoms with E-state index in [4.69, 9.17) is 0 Å². The van der Waals surface area contributed by atoms with Crippen LogP contribution in [-0.2, 0) is 26.7 Å². The van der Waals surface area contributed by atoms with Crippen molar-refractivity contribution in [3.8, 4) is 0 Å². The van der Waals surface area contributed by atoms with Gasteiger partial charge in [-0.1, -0.05) is 0 Å². The largest absolute Gasteiger partial charge is 0.869 e. The molecule has 1 radical (unpaired) electrons. The number of ketones is 2. The van der Waals surface area contributed by atoms with Gasteiger partial charge in [0.1, 0.15) is 0 Å². The van der Waals surface area contributed by atoms with E-state index in [0.717, 1.165) is 0 Å². The van der Waals surface area contributed by atoms with Gasteiger partial charge in [-0.15, -0.1) is 0 Å². The molecule has 0 aromatic rings. The van der Waals surface area contributed by atoms with Gasteiger partial charge in [0.05, 0.1) is 0 Å². The predicted molar refractivity (Wildman–Crippen MR) is 54.0 cm³/mol. The van der Waals surface area contributed by atoms with E-state index in [1.54, 1.807) is 0 Å². The van der Waals surface area contributed by atoms with Crippen LogP contribution in [0.15, 0.2) is 23.7 Å². The van der Waals surface area contributed by atoms with Crippen molar-refractivity contribution in [3.05, 3.63) is 23.7 Å². The van der Waals surface area contributed by atoms with Crippen LogP contribution in [0.2, 0.25) is 0 Å². The van der Waals surface area contributed by atoms with Gasteiger partial charge in [-0.05, 0) is 23.7 Å². The van der Waals surface area contributed by atoms with Crippen molar-refractivity contribution in [2.24, 2.45) is 0 Å². The van der Waals surface area contributed by atoms with Gasteiger partial charge in [0.25, 0.3) is 11.6 Å². The molecule has 0 aliphatic carbocycles. The van der Waals surface area contributed by atoms with Gasteiger partial charge < -0.3 is 15.7 Å². The molecule has 0 saturated carbocycles. The second-order valence-corrected chi connectivity index (χ2v) is 3.74. The van der Waals surface area contributed by atoms with Gasteiger partial charge in [0, 0.05) is 17.1 Å². The number of carbonyl (C=O) groups is 2. The fourth-order valence-electron chi connectivity index (χ4n) is 0.565. The minimum absolute atomic E-state index is 0. The number of hydrogen-bond acceptors (Lipinski definition) is 4. The molecule has 0 rings (SSSR count). The fourth-order valence-corrected chi connectivity index (χ4v) is 0.565. The SMILES string of the molecule is O.O=C(C=C([O-])C(F)(F)F)C(F)(F)F.O=C(C=C([O-])C(F)(F)F)C(F)(F)F.[Cu]. The Morgan fingerprint density at radius 3 is 0.821 bits per heavy atom. The van der Waals surface area contributed by atoms with Crippen molar-refractivity contribution in [2.75, 3.05) is 0 Å². The predicted octanol–water partition coefficient (Wildman–Crippen LogP) is 1.02. The summed E-state index contributed by atoms with van der Waals surface area (Å²) in [5.41, 5.74) is 0. The van der Waals surface area contributed by atoms with Gasteiger partial charge in [-0.25, -0.2) is 0 Å². The molecule has 0 unspecified atom stereocenters. The molecular formula is C10H4CuF12O5-2. The maximum Gasteiger partial charge on any atom is 0.454 e. The summed E-state index contributed by atoms with van der Waals surface area (Å²) >= 11 is 0. The molecule has 0 aromatic heterocycles. The molecule has 18 heteroatoms. The zero-order valence-corrected chi connectivity index (χ0v) is 13.1.